The molecule has 3 aromatic rings. The third-order valence-electron chi connectivity index (χ3n) is 4.37. The Balaban J connectivity index is 1.71. The summed E-state index contributed by atoms with van der Waals surface area (Å²) >= 11 is 9.06. The van der Waals surface area contributed by atoms with E-state index >= 15 is 0 Å². The number of halogens is 1. The van der Waals surface area contributed by atoms with Crippen LogP contribution >= 0.6 is 34.7 Å². The number of nitro benzene ring substituents is 1. The zero-order valence-corrected chi connectivity index (χ0v) is 17.1. The van der Waals surface area contributed by atoms with Crippen LogP contribution in [0.25, 0.3) is 11.3 Å². The van der Waals surface area contributed by atoms with Gasteiger partial charge in [-0.15, -0.1) is 23.1 Å². The fraction of sp³-hybridized carbons (Fsp3) is 0.158. The van der Waals surface area contributed by atoms with Gasteiger partial charge in [-0.25, -0.2) is 4.98 Å². The minimum absolute atomic E-state index is 0.0567. The van der Waals surface area contributed by atoms with Crippen molar-refractivity contribution in [2.75, 3.05) is 10.7 Å². The van der Waals surface area contributed by atoms with E-state index in [1.807, 2.05) is 36.6 Å². The average Bonchev–Trinajstić information content (AvgIpc) is 3.29. The van der Waals surface area contributed by atoms with Crippen LogP contribution in [0.1, 0.15) is 16.5 Å². The van der Waals surface area contributed by atoms with Gasteiger partial charge in [0, 0.05) is 33.7 Å². The SMILES string of the molecule is Cc1ccc(-c2csc(N3C(=O)CSC3c3cc([N+](=O)[O-])ccc3Cl)n2)cc1. The number of thioether (sulfide) groups is 1. The number of benzene rings is 2. The van der Waals surface area contributed by atoms with Gasteiger partial charge in [0.1, 0.15) is 5.37 Å². The second-order valence-corrected chi connectivity index (χ2v) is 8.58. The van der Waals surface area contributed by atoms with Gasteiger partial charge < -0.3 is 0 Å². The molecule has 1 aliphatic rings. The van der Waals surface area contributed by atoms with Gasteiger partial charge in [0.2, 0.25) is 5.91 Å². The first-order chi connectivity index (χ1) is 13.4. The van der Waals surface area contributed by atoms with E-state index in [9.17, 15) is 14.9 Å². The Bertz CT molecular complexity index is 1070. The lowest BCUT2D eigenvalue weighted by molar-refractivity contribution is -0.384. The van der Waals surface area contributed by atoms with Crippen LogP contribution in [0.15, 0.2) is 47.8 Å². The van der Waals surface area contributed by atoms with Crippen LogP contribution < -0.4 is 4.90 Å². The number of carbonyl (C=O) groups excluding carboxylic acids is 1. The Hall–Kier alpha value is -2.42. The van der Waals surface area contributed by atoms with Crippen molar-refractivity contribution in [3.05, 3.63) is 74.1 Å². The molecule has 1 unspecified atom stereocenters. The van der Waals surface area contributed by atoms with Crippen LogP contribution in [0.2, 0.25) is 5.02 Å². The Kier molecular flexibility index (Phi) is 5.09. The summed E-state index contributed by atoms with van der Waals surface area (Å²) in [4.78, 5) is 29.5. The fourth-order valence-electron chi connectivity index (χ4n) is 2.93. The highest BCUT2D eigenvalue weighted by Crippen LogP contribution is 2.46. The largest absolute Gasteiger partial charge is 0.273 e. The highest BCUT2D eigenvalue weighted by atomic mass is 35.5. The van der Waals surface area contributed by atoms with Crippen LogP contribution in [-0.4, -0.2) is 21.6 Å². The smallest absolute Gasteiger partial charge is 0.269 e. The Morgan fingerprint density at radius 2 is 2.00 bits per heavy atom. The van der Waals surface area contributed by atoms with Crippen LogP contribution in [-0.2, 0) is 4.79 Å². The van der Waals surface area contributed by atoms with E-state index in [0.717, 1.165) is 16.8 Å². The lowest BCUT2D eigenvalue weighted by Crippen LogP contribution is -2.27. The van der Waals surface area contributed by atoms with E-state index in [4.69, 9.17) is 11.6 Å². The maximum Gasteiger partial charge on any atom is 0.269 e. The van der Waals surface area contributed by atoms with Crippen LogP contribution in [0.5, 0.6) is 0 Å². The van der Waals surface area contributed by atoms with Crippen LogP contribution in [0.3, 0.4) is 0 Å². The van der Waals surface area contributed by atoms with Gasteiger partial charge in [-0.3, -0.25) is 19.8 Å². The predicted molar refractivity (Wildman–Crippen MR) is 113 cm³/mol. The summed E-state index contributed by atoms with van der Waals surface area (Å²) in [5.74, 6) is 0.172. The second kappa shape index (κ2) is 7.54. The Labute approximate surface area is 174 Å². The van der Waals surface area contributed by atoms with Gasteiger partial charge >= 0.3 is 0 Å². The molecule has 1 saturated heterocycles. The van der Waals surface area contributed by atoms with Gasteiger partial charge in [-0.1, -0.05) is 41.4 Å². The molecule has 4 rings (SSSR count). The highest BCUT2D eigenvalue weighted by molar-refractivity contribution is 8.00. The van der Waals surface area contributed by atoms with Gasteiger partial charge in [-0.2, -0.15) is 0 Å². The molecule has 0 bridgehead atoms. The number of non-ortho nitro benzene ring substituents is 1. The zero-order chi connectivity index (χ0) is 19.8. The molecule has 1 aliphatic heterocycles. The molecule has 0 aliphatic carbocycles. The summed E-state index contributed by atoms with van der Waals surface area (Å²) in [6, 6.07) is 12.3. The summed E-state index contributed by atoms with van der Waals surface area (Å²) in [5.41, 5.74) is 3.40. The molecular weight excluding hydrogens is 418 g/mol. The normalized spacial score (nSPS) is 16.6. The van der Waals surface area contributed by atoms with E-state index in [1.54, 1.807) is 4.90 Å². The molecule has 0 spiro atoms. The third kappa shape index (κ3) is 3.50. The summed E-state index contributed by atoms with van der Waals surface area (Å²) in [6.45, 7) is 2.02. The van der Waals surface area contributed by atoms with E-state index in [1.165, 1.54) is 41.3 Å². The number of amides is 1. The van der Waals surface area contributed by atoms with Crippen LogP contribution in [0.4, 0.5) is 10.8 Å². The van der Waals surface area contributed by atoms with Crippen molar-refractivity contribution in [3.8, 4) is 11.3 Å². The number of nitrogens with zero attached hydrogens (tertiary/aromatic N) is 3. The van der Waals surface area contributed by atoms with Gasteiger partial charge in [0.25, 0.3) is 5.69 Å². The highest BCUT2D eigenvalue weighted by Gasteiger charge is 2.37. The topological polar surface area (TPSA) is 76.3 Å². The predicted octanol–water partition coefficient (Wildman–Crippen LogP) is 5.46. The fourth-order valence-corrected chi connectivity index (χ4v) is 5.34. The number of carbonyl (C=O) groups is 1. The third-order valence-corrected chi connectivity index (χ3v) is 6.75. The molecule has 0 saturated carbocycles. The number of nitro groups is 1. The first-order valence-corrected chi connectivity index (χ1v) is 10.6. The van der Waals surface area contributed by atoms with Gasteiger partial charge in [0.05, 0.1) is 16.4 Å². The molecule has 6 nitrogen and oxygen atoms in total. The number of anilines is 1. The second-order valence-electron chi connectivity index (χ2n) is 6.27. The van der Waals surface area contributed by atoms with Crippen molar-refractivity contribution >= 4 is 51.4 Å². The number of hydrogen-bond acceptors (Lipinski definition) is 6. The molecule has 9 heteroatoms. The van der Waals surface area contributed by atoms with Crippen LogP contribution in [0, 0.1) is 17.0 Å². The van der Waals surface area contributed by atoms with E-state index in [2.05, 4.69) is 4.98 Å². The summed E-state index contributed by atoms with van der Waals surface area (Å²) in [7, 11) is 0. The van der Waals surface area contributed by atoms with Crippen molar-refractivity contribution in [2.45, 2.75) is 12.3 Å². The Morgan fingerprint density at radius 1 is 1.25 bits per heavy atom. The van der Waals surface area contributed by atoms with Crippen molar-refractivity contribution in [1.82, 2.24) is 4.98 Å². The zero-order valence-electron chi connectivity index (χ0n) is 14.7. The molecule has 2 aromatic carbocycles. The lowest BCUT2D eigenvalue weighted by atomic mass is 10.1. The molecule has 1 amide bonds. The minimum atomic E-state index is -0.468. The summed E-state index contributed by atoms with van der Waals surface area (Å²) < 4.78 is 0. The first-order valence-electron chi connectivity index (χ1n) is 8.34. The number of aryl methyl sites for hydroxylation is 1. The van der Waals surface area contributed by atoms with E-state index in [0.29, 0.717) is 15.7 Å². The monoisotopic (exact) mass is 431 g/mol. The molecule has 142 valence electrons. The van der Waals surface area contributed by atoms with Crippen molar-refractivity contribution in [3.63, 3.8) is 0 Å². The Morgan fingerprint density at radius 3 is 2.71 bits per heavy atom. The first kappa shape index (κ1) is 18.9. The summed E-state index contributed by atoms with van der Waals surface area (Å²) in [5, 5.41) is 13.5. The number of hydrogen-bond donors (Lipinski definition) is 0. The molecule has 1 fully saturated rings. The van der Waals surface area contributed by atoms with Crippen molar-refractivity contribution in [2.24, 2.45) is 0 Å². The molecule has 28 heavy (non-hydrogen) atoms. The lowest BCUT2D eigenvalue weighted by Gasteiger charge is -2.22. The van der Waals surface area contributed by atoms with E-state index in [-0.39, 0.29) is 17.3 Å². The minimum Gasteiger partial charge on any atom is -0.273 e. The molecule has 1 aromatic heterocycles. The number of aromatic nitrogens is 1. The average molecular weight is 432 g/mol. The van der Waals surface area contributed by atoms with Gasteiger partial charge in [0.15, 0.2) is 5.13 Å². The number of rotatable bonds is 4. The maximum absolute atomic E-state index is 12.6. The van der Waals surface area contributed by atoms with Crippen molar-refractivity contribution < 1.29 is 9.72 Å². The summed E-state index contributed by atoms with van der Waals surface area (Å²) in [6.07, 6.45) is 0. The molecule has 0 N–H and O–H groups in total. The number of thiazole rings is 1. The molecule has 2 heterocycles. The van der Waals surface area contributed by atoms with Crippen molar-refractivity contribution in [1.29, 1.82) is 0 Å². The molecule has 1 atom stereocenters. The van der Waals surface area contributed by atoms with E-state index < -0.39 is 10.3 Å². The quantitative estimate of drug-likeness (QED) is 0.405. The standard InChI is InChI=1S/C19H14ClN3O3S2/c1-11-2-4-12(5-3-11)16-9-28-19(21-16)22-17(24)10-27-18(22)14-8-13(23(25)26)6-7-15(14)20/h2-9,18H,10H2,1H3. The molecular formula is C19H14ClN3O3S2. The maximum atomic E-state index is 12.6. The van der Waals surface area contributed by atoms with Gasteiger partial charge in [-0.05, 0) is 13.0 Å². The molecule has 0 radical (unpaired) electrons.